The molecule has 0 spiro atoms. The van der Waals surface area contributed by atoms with E-state index in [1.54, 1.807) is 61.6 Å². The predicted molar refractivity (Wildman–Crippen MR) is 149 cm³/mol. The van der Waals surface area contributed by atoms with Crippen molar-refractivity contribution in [2.24, 2.45) is 10.8 Å². The molecule has 40 heavy (non-hydrogen) atoms. The van der Waals surface area contributed by atoms with E-state index in [-0.39, 0.29) is 23.1 Å². The number of nitrogens with one attached hydrogen (secondary N) is 1. The van der Waals surface area contributed by atoms with Crippen molar-refractivity contribution < 1.29 is 52.1 Å². The van der Waals surface area contributed by atoms with Crippen molar-refractivity contribution in [1.29, 1.82) is 0 Å². The van der Waals surface area contributed by atoms with E-state index in [0.717, 1.165) is 0 Å². The van der Waals surface area contributed by atoms with E-state index in [2.05, 4.69) is 5.32 Å². The van der Waals surface area contributed by atoms with E-state index < -0.39 is 62.5 Å². The van der Waals surface area contributed by atoms with Crippen LogP contribution in [0.2, 0.25) is 0 Å². The Balaban J connectivity index is 2.79. The van der Waals surface area contributed by atoms with Gasteiger partial charge in [-0.05, 0) is 71.2 Å². The summed E-state index contributed by atoms with van der Waals surface area (Å²) < 4.78 is 49.6. The number of aliphatic hydroxyl groups excluding tert-OH is 1. The molecule has 2 rings (SSSR count). The summed E-state index contributed by atoms with van der Waals surface area (Å²) in [6, 6.07) is 4.47. The minimum atomic E-state index is -5.61. The van der Waals surface area contributed by atoms with Crippen molar-refractivity contribution in [3.05, 3.63) is 34.9 Å². The van der Waals surface area contributed by atoms with E-state index in [1.165, 1.54) is 18.2 Å². The third-order valence-corrected chi connectivity index (χ3v) is 11.3. The Hall–Kier alpha value is -2.04. The molecule has 0 bridgehead atoms. The Labute approximate surface area is 235 Å². The SMILES string of the molecule is CCCC(O)C1=Cc2c(NC)cccc2C1(P(=O)(O)O)P(=O)(OCOC(=O)C(C)(C)C)OCOC(=O)C(C)(C)C. The average Bonchev–Trinajstić information content (AvgIpc) is 3.20. The van der Waals surface area contributed by atoms with Gasteiger partial charge >= 0.3 is 27.1 Å². The molecule has 1 aromatic carbocycles. The largest absolute Gasteiger partial charge is 0.438 e. The number of benzene rings is 1. The van der Waals surface area contributed by atoms with E-state index in [9.17, 15) is 33.6 Å². The molecule has 1 aliphatic rings. The molecule has 1 aromatic rings. The molecule has 4 N–H and O–H groups in total. The van der Waals surface area contributed by atoms with E-state index >= 15 is 0 Å². The van der Waals surface area contributed by atoms with Crippen LogP contribution in [0.1, 0.15) is 72.4 Å². The third kappa shape index (κ3) is 6.71. The van der Waals surface area contributed by atoms with Gasteiger partial charge in [-0.15, -0.1) is 0 Å². The molecular formula is C26H41NO11P2. The summed E-state index contributed by atoms with van der Waals surface area (Å²) in [5.74, 6) is -1.48. The van der Waals surface area contributed by atoms with Crippen molar-refractivity contribution in [1.82, 2.24) is 0 Å². The topological polar surface area (TPSA) is 178 Å². The van der Waals surface area contributed by atoms with Gasteiger partial charge in [-0.2, -0.15) is 0 Å². The molecule has 226 valence electrons. The zero-order valence-corrected chi connectivity index (χ0v) is 26.0. The van der Waals surface area contributed by atoms with Crippen LogP contribution < -0.4 is 5.32 Å². The quantitative estimate of drug-likeness (QED) is 0.144. The number of rotatable bonds is 12. The fourth-order valence-electron chi connectivity index (χ4n) is 4.16. The second-order valence-electron chi connectivity index (χ2n) is 11.5. The molecule has 0 aromatic heterocycles. The predicted octanol–water partition coefficient (Wildman–Crippen LogP) is 4.94. The molecule has 2 unspecified atom stereocenters. The highest BCUT2D eigenvalue weighted by Gasteiger charge is 2.70. The van der Waals surface area contributed by atoms with Crippen LogP contribution in [0.4, 0.5) is 5.69 Å². The third-order valence-electron chi connectivity index (χ3n) is 6.24. The number of esters is 2. The van der Waals surface area contributed by atoms with Crippen LogP contribution in [0.25, 0.3) is 6.08 Å². The molecule has 0 fully saturated rings. The van der Waals surface area contributed by atoms with Gasteiger partial charge in [0, 0.05) is 18.3 Å². The number of carbonyl (C=O) groups is 2. The van der Waals surface area contributed by atoms with Gasteiger partial charge in [-0.3, -0.25) is 27.8 Å². The maximum atomic E-state index is 14.8. The van der Waals surface area contributed by atoms with Crippen molar-refractivity contribution in [2.75, 3.05) is 26.0 Å². The monoisotopic (exact) mass is 605 g/mol. The van der Waals surface area contributed by atoms with Crippen LogP contribution in [0.5, 0.6) is 0 Å². The lowest BCUT2D eigenvalue weighted by Gasteiger charge is -2.40. The fourth-order valence-corrected chi connectivity index (χ4v) is 8.69. The number of carbonyl (C=O) groups excluding carboxylic acids is 2. The van der Waals surface area contributed by atoms with Crippen LogP contribution >= 0.6 is 15.2 Å². The molecule has 0 radical (unpaired) electrons. The first-order valence-electron chi connectivity index (χ1n) is 12.8. The fraction of sp³-hybridized carbons (Fsp3) is 0.615. The lowest BCUT2D eigenvalue weighted by atomic mass is 9.98. The van der Waals surface area contributed by atoms with Gasteiger partial charge < -0.3 is 29.7 Å². The normalized spacial score (nSPS) is 18.5. The Bertz CT molecular complexity index is 1190. The maximum absolute atomic E-state index is 14.8. The Kier molecular flexibility index (Phi) is 10.6. The number of hydrogen-bond acceptors (Lipinski definition) is 10. The van der Waals surface area contributed by atoms with Crippen LogP contribution in [-0.4, -0.2) is 53.6 Å². The summed E-state index contributed by atoms with van der Waals surface area (Å²) >= 11 is 0. The molecule has 12 nitrogen and oxygen atoms in total. The second-order valence-corrected chi connectivity index (χ2v) is 15.8. The summed E-state index contributed by atoms with van der Waals surface area (Å²) in [4.78, 5) is 43.9. The van der Waals surface area contributed by atoms with Gasteiger partial charge in [0.2, 0.25) is 18.5 Å². The van der Waals surface area contributed by atoms with Crippen molar-refractivity contribution in [2.45, 2.75) is 72.3 Å². The summed E-state index contributed by atoms with van der Waals surface area (Å²) in [5, 5.41) is 14.1. The van der Waals surface area contributed by atoms with Crippen molar-refractivity contribution >= 4 is 38.9 Å². The highest BCUT2D eigenvalue weighted by molar-refractivity contribution is 7.73. The number of anilines is 1. The smallest absolute Gasteiger partial charge is 0.363 e. The van der Waals surface area contributed by atoms with Crippen LogP contribution in [0, 0.1) is 10.8 Å². The average molecular weight is 606 g/mol. The Morgan fingerprint density at radius 1 is 0.975 bits per heavy atom. The van der Waals surface area contributed by atoms with Crippen LogP contribution in [-0.2, 0) is 42.1 Å². The maximum Gasteiger partial charge on any atom is 0.363 e. The lowest BCUT2D eigenvalue weighted by molar-refractivity contribution is -0.162. The molecule has 0 heterocycles. The van der Waals surface area contributed by atoms with E-state index in [0.29, 0.717) is 12.1 Å². The van der Waals surface area contributed by atoms with Gasteiger partial charge in [0.1, 0.15) is 0 Å². The molecule has 0 saturated heterocycles. The molecule has 0 amide bonds. The van der Waals surface area contributed by atoms with E-state index in [1.807, 2.05) is 0 Å². The minimum Gasteiger partial charge on any atom is -0.438 e. The molecule has 2 atom stereocenters. The highest BCUT2D eigenvalue weighted by Crippen LogP contribution is 2.84. The zero-order valence-electron chi connectivity index (χ0n) is 24.2. The van der Waals surface area contributed by atoms with Gasteiger partial charge in [0.05, 0.1) is 16.9 Å². The van der Waals surface area contributed by atoms with Gasteiger partial charge in [-0.1, -0.05) is 25.5 Å². The zero-order chi connectivity index (χ0) is 30.7. The number of ether oxygens (including phenoxy) is 2. The summed E-state index contributed by atoms with van der Waals surface area (Å²) in [6.45, 7) is 9.19. The minimum absolute atomic E-state index is 0.0640. The second kappa shape index (κ2) is 12.4. The Morgan fingerprint density at radius 3 is 1.88 bits per heavy atom. The summed E-state index contributed by atoms with van der Waals surface area (Å²) in [5.41, 5.74) is -1.69. The van der Waals surface area contributed by atoms with Crippen LogP contribution in [0.15, 0.2) is 23.8 Å². The first-order chi connectivity index (χ1) is 18.3. The molecule has 0 aliphatic heterocycles. The van der Waals surface area contributed by atoms with Crippen molar-refractivity contribution in [3.8, 4) is 0 Å². The molecular weight excluding hydrogens is 564 g/mol. The number of hydrogen-bond donors (Lipinski definition) is 4. The first kappa shape index (κ1) is 34.2. The first-order valence-corrected chi connectivity index (χ1v) is 15.9. The van der Waals surface area contributed by atoms with Crippen molar-refractivity contribution in [3.63, 3.8) is 0 Å². The molecule has 0 saturated carbocycles. The van der Waals surface area contributed by atoms with E-state index in [4.69, 9.17) is 18.5 Å². The number of fused-ring (bicyclic) bond motifs is 1. The summed E-state index contributed by atoms with van der Waals surface area (Å²) in [6.07, 6.45) is 0.365. The number of aliphatic hydroxyl groups is 1. The Morgan fingerprint density at radius 2 is 1.48 bits per heavy atom. The van der Waals surface area contributed by atoms with Gasteiger partial charge in [0.15, 0.2) is 0 Å². The standard InChI is InChI=1S/C26H41NO11P2/c1-9-11-21(28)19-14-17-18(12-10-13-20(17)27-8)26(19,39(31,32)33)40(34,37-15-35-22(29)24(2,3)4)38-16-36-23(30)25(5,6)7/h10,12-14,21,27-28H,9,11,15-16H2,1-8H3,(H2,31,32,33). The summed E-state index contributed by atoms with van der Waals surface area (Å²) in [7, 11) is -9.22. The van der Waals surface area contributed by atoms with Gasteiger partial charge in [0.25, 0.3) is 0 Å². The molecule has 14 heteroatoms. The molecule has 1 aliphatic carbocycles. The highest BCUT2D eigenvalue weighted by atomic mass is 31.2. The van der Waals surface area contributed by atoms with Gasteiger partial charge in [-0.25, -0.2) is 0 Å². The lowest BCUT2D eigenvalue weighted by Crippen LogP contribution is -2.35. The van der Waals surface area contributed by atoms with Crippen LogP contribution in [0.3, 0.4) is 0 Å².